The second-order valence-electron chi connectivity index (χ2n) is 4.31. The fraction of sp³-hybridized carbons (Fsp3) is 0.182. The van der Waals surface area contributed by atoms with Crippen LogP contribution >= 0.6 is 0 Å². The van der Waals surface area contributed by atoms with Crippen molar-refractivity contribution in [3.05, 3.63) is 28.8 Å². The molecule has 1 aromatic carbocycles. The average molecular weight is 296 g/mol. The predicted octanol–water partition coefficient (Wildman–Crippen LogP) is -0.626. The number of amides is 1. The smallest absolute Gasteiger partial charge is 0.280 e. The Morgan fingerprint density at radius 3 is 2.55 bits per heavy atom. The highest BCUT2D eigenvalue weighted by Gasteiger charge is 2.33. The van der Waals surface area contributed by atoms with Gasteiger partial charge in [0.25, 0.3) is 5.91 Å². The van der Waals surface area contributed by atoms with Crippen LogP contribution in [0.2, 0.25) is 0 Å². The summed E-state index contributed by atoms with van der Waals surface area (Å²) in [4.78, 5) is 15.1. The average Bonchev–Trinajstić information content (AvgIpc) is 2.58. The van der Waals surface area contributed by atoms with Gasteiger partial charge >= 0.3 is 0 Å². The minimum Gasteiger partial charge on any atom is -0.411 e. The number of aryl methyl sites for hydroxylation is 1. The summed E-state index contributed by atoms with van der Waals surface area (Å²) in [5, 5.41) is 11.8. The summed E-state index contributed by atoms with van der Waals surface area (Å²) in [5.41, 5.74) is 11.1. The summed E-state index contributed by atoms with van der Waals surface area (Å²) >= 11 is 0. The number of benzene rings is 1. The minimum absolute atomic E-state index is 0.0453. The molecule has 0 aromatic heterocycles. The van der Waals surface area contributed by atoms with Gasteiger partial charge in [0.2, 0.25) is 0 Å². The van der Waals surface area contributed by atoms with Gasteiger partial charge in [0, 0.05) is 11.1 Å². The molecule has 1 aliphatic rings. The SMILES string of the molecule is Cc1cc2c(cc1C(=O)N=C(N)N)S(=O)(=O)CC2=NO. The molecule has 0 aliphatic carbocycles. The number of hydrogen-bond donors (Lipinski definition) is 3. The van der Waals surface area contributed by atoms with Crippen LogP contribution in [0.4, 0.5) is 0 Å². The summed E-state index contributed by atoms with van der Waals surface area (Å²) < 4.78 is 23.9. The van der Waals surface area contributed by atoms with E-state index in [1.54, 1.807) is 6.92 Å². The van der Waals surface area contributed by atoms with Gasteiger partial charge in [0.1, 0.15) is 11.5 Å². The maximum absolute atomic E-state index is 11.9. The van der Waals surface area contributed by atoms with E-state index in [-0.39, 0.29) is 21.7 Å². The van der Waals surface area contributed by atoms with Crippen molar-refractivity contribution in [3.63, 3.8) is 0 Å². The molecule has 0 unspecified atom stereocenters. The normalized spacial score (nSPS) is 17.8. The van der Waals surface area contributed by atoms with Gasteiger partial charge in [0.15, 0.2) is 15.8 Å². The first-order chi connectivity index (χ1) is 9.26. The van der Waals surface area contributed by atoms with Crippen LogP contribution < -0.4 is 11.5 Å². The summed E-state index contributed by atoms with van der Waals surface area (Å²) in [7, 11) is -3.62. The van der Waals surface area contributed by atoms with Gasteiger partial charge in [-0.1, -0.05) is 5.16 Å². The van der Waals surface area contributed by atoms with Crippen LogP contribution in [0, 0.1) is 6.92 Å². The largest absolute Gasteiger partial charge is 0.411 e. The van der Waals surface area contributed by atoms with Gasteiger partial charge in [-0.3, -0.25) is 4.79 Å². The Balaban J connectivity index is 2.68. The Kier molecular flexibility index (Phi) is 3.22. The maximum atomic E-state index is 11.9. The zero-order valence-electron chi connectivity index (χ0n) is 10.5. The number of hydrogen-bond acceptors (Lipinski definition) is 5. The molecule has 0 saturated carbocycles. The van der Waals surface area contributed by atoms with Crippen molar-refractivity contribution in [3.8, 4) is 0 Å². The molecule has 0 spiro atoms. The third-order valence-electron chi connectivity index (χ3n) is 2.88. The number of sulfone groups is 1. The van der Waals surface area contributed by atoms with Crippen LogP contribution in [-0.4, -0.2) is 37.0 Å². The van der Waals surface area contributed by atoms with Gasteiger partial charge in [-0.15, -0.1) is 0 Å². The molecule has 0 bridgehead atoms. The zero-order valence-corrected chi connectivity index (χ0v) is 11.3. The number of carbonyl (C=O) groups is 1. The Bertz CT molecular complexity index is 761. The zero-order chi connectivity index (χ0) is 15.1. The number of rotatable bonds is 1. The second-order valence-corrected chi connectivity index (χ2v) is 6.27. The number of oxime groups is 1. The van der Waals surface area contributed by atoms with Crippen LogP contribution in [0.1, 0.15) is 21.5 Å². The molecule has 0 radical (unpaired) electrons. The van der Waals surface area contributed by atoms with E-state index >= 15 is 0 Å². The highest BCUT2D eigenvalue weighted by atomic mass is 32.2. The Hall–Kier alpha value is -2.42. The molecule has 1 amide bonds. The fourth-order valence-electron chi connectivity index (χ4n) is 2.00. The summed E-state index contributed by atoms with van der Waals surface area (Å²) in [6, 6.07) is 2.66. The van der Waals surface area contributed by atoms with Crippen LogP contribution in [0.3, 0.4) is 0 Å². The van der Waals surface area contributed by atoms with E-state index in [1.165, 1.54) is 12.1 Å². The van der Waals surface area contributed by atoms with Crippen molar-refractivity contribution in [2.45, 2.75) is 11.8 Å². The molecule has 0 fully saturated rings. The van der Waals surface area contributed by atoms with E-state index < -0.39 is 27.5 Å². The van der Waals surface area contributed by atoms with E-state index in [0.717, 1.165) is 0 Å². The summed E-state index contributed by atoms with van der Waals surface area (Å²) in [6.07, 6.45) is 0. The number of guanidine groups is 1. The molecular formula is C11H12N4O4S. The minimum atomic E-state index is -3.62. The van der Waals surface area contributed by atoms with E-state index in [1.807, 2.05) is 0 Å². The molecule has 2 rings (SSSR count). The van der Waals surface area contributed by atoms with Gasteiger partial charge in [0.05, 0.1) is 4.90 Å². The molecule has 1 aliphatic heterocycles. The fourth-order valence-corrected chi connectivity index (χ4v) is 3.53. The monoisotopic (exact) mass is 296 g/mol. The molecule has 0 saturated heterocycles. The van der Waals surface area contributed by atoms with Crippen molar-refractivity contribution in [1.82, 2.24) is 0 Å². The van der Waals surface area contributed by atoms with Crippen molar-refractivity contribution in [2.75, 3.05) is 5.75 Å². The van der Waals surface area contributed by atoms with Crippen molar-refractivity contribution >= 4 is 27.4 Å². The van der Waals surface area contributed by atoms with Crippen LogP contribution in [-0.2, 0) is 9.84 Å². The third kappa shape index (κ3) is 2.23. The topological polar surface area (TPSA) is 148 Å². The lowest BCUT2D eigenvalue weighted by molar-refractivity contribution is 0.100. The number of fused-ring (bicyclic) bond motifs is 1. The summed E-state index contributed by atoms with van der Waals surface area (Å²) in [5.74, 6) is -1.54. The molecule has 5 N–H and O–H groups in total. The first kappa shape index (κ1) is 14.0. The molecule has 20 heavy (non-hydrogen) atoms. The van der Waals surface area contributed by atoms with Gasteiger partial charge in [-0.25, -0.2) is 8.42 Å². The van der Waals surface area contributed by atoms with Gasteiger partial charge < -0.3 is 16.7 Å². The maximum Gasteiger partial charge on any atom is 0.280 e. The van der Waals surface area contributed by atoms with Crippen molar-refractivity contribution < 1.29 is 18.4 Å². The first-order valence-corrected chi connectivity index (χ1v) is 7.14. The highest BCUT2D eigenvalue weighted by molar-refractivity contribution is 7.92. The second kappa shape index (κ2) is 4.60. The number of carbonyl (C=O) groups excluding carboxylic acids is 1. The van der Waals surface area contributed by atoms with Crippen LogP contribution in [0.25, 0.3) is 0 Å². The Labute approximate surface area is 114 Å². The van der Waals surface area contributed by atoms with E-state index in [4.69, 9.17) is 16.7 Å². The third-order valence-corrected chi connectivity index (χ3v) is 4.54. The van der Waals surface area contributed by atoms with E-state index in [9.17, 15) is 13.2 Å². The molecule has 1 heterocycles. The van der Waals surface area contributed by atoms with Crippen molar-refractivity contribution in [2.24, 2.45) is 21.6 Å². The Morgan fingerprint density at radius 1 is 1.35 bits per heavy atom. The Morgan fingerprint density at radius 2 is 2.00 bits per heavy atom. The molecular weight excluding hydrogens is 284 g/mol. The lowest BCUT2D eigenvalue weighted by Crippen LogP contribution is -2.24. The molecule has 106 valence electrons. The van der Waals surface area contributed by atoms with Crippen LogP contribution in [0.15, 0.2) is 27.2 Å². The number of nitrogens with two attached hydrogens (primary N) is 2. The van der Waals surface area contributed by atoms with Gasteiger partial charge in [-0.05, 0) is 24.6 Å². The molecule has 8 nitrogen and oxygen atoms in total. The lowest BCUT2D eigenvalue weighted by Gasteiger charge is -2.05. The van der Waals surface area contributed by atoms with Crippen molar-refractivity contribution in [1.29, 1.82) is 0 Å². The van der Waals surface area contributed by atoms with E-state index in [0.29, 0.717) is 5.56 Å². The standard InChI is InChI=1S/C11H12N4O4S/c1-5-2-7-8(15-17)4-20(18,19)9(7)3-6(5)10(16)14-11(12)13/h2-3,17H,4H2,1H3,(H4,12,13,14,16). The molecule has 9 heteroatoms. The number of aliphatic imine (C=N–C) groups is 1. The quantitative estimate of drug-likeness (QED) is 0.272. The lowest BCUT2D eigenvalue weighted by atomic mass is 10.0. The number of nitrogens with zero attached hydrogens (tertiary/aromatic N) is 2. The molecule has 1 aromatic rings. The molecule has 0 atom stereocenters. The van der Waals surface area contributed by atoms with E-state index in [2.05, 4.69) is 10.1 Å². The van der Waals surface area contributed by atoms with Crippen LogP contribution in [0.5, 0.6) is 0 Å². The highest BCUT2D eigenvalue weighted by Crippen LogP contribution is 2.29. The first-order valence-electron chi connectivity index (χ1n) is 5.49. The van der Waals surface area contributed by atoms with Gasteiger partial charge in [-0.2, -0.15) is 4.99 Å². The predicted molar refractivity (Wildman–Crippen MR) is 71.7 cm³/mol. The summed E-state index contributed by atoms with van der Waals surface area (Å²) in [6.45, 7) is 1.61.